The fourth-order valence-electron chi connectivity index (χ4n) is 1.64. The van der Waals surface area contributed by atoms with Crippen LogP contribution in [0, 0.1) is 0 Å². The smallest absolute Gasteiger partial charge is 0.229 e. The van der Waals surface area contributed by atoms with Gasteiger partial charge >= 0.3 is 0 Å². The second kappa shape index (κ2) is 4.06. The number of hydrogen-bond donors (Lipinski definition) is 1. The van der Waals surface area contributed by atoms with Gasteiger partial charge in [-0.05, 0) is 42.4 Å². The average Bonchev–Trinajstić information content (AvgIpc) is 2.15. The van der Waals surface area contributed by atoms with E-state index in [0.717, 1.165) is 12.2 Å². The van der Waals surface area contributed by atoms with Crippen LogP contribution < -0.4 is 4.72 Å². The van der Waals surface area contributed by atoms with Crippen LogP contribution in [-0.2, 0) is 16.4 Å². The Morgan fingerprint density at radius 1 is 1.40 bits per heavy atom. The van der Waals surface area contributed by atoms with E-state index in [1.54, 1.807) is 0 Å². The minimum atomic E-state index is -3.16. The predicted molar refractivity (Wildman–Crippen MR) is 64.0 cm³/mol. The van der Waals surface area contributed by atoms with Crippen LogP contribution in [0.15, 0.2) is 23.1 Å². The third kappa shape index (κ3) is 2.89. The fourth-order valence-corrected chi connectivity index (χ4v) is 3.21. The quantitative estimate of drug-likeness (QED) is 0.865. The molecule has 1 aliphatic heterocycles. The molecule has 0 atom stereocenters. The zero-order chi connectivity index (χ0) is 10.9. The van der Waals surface area contributed by atoms with Gasteiger partial charge in [-0.25, -0.2) is 8.42 Å². The number of rotatable bonds is 2. The van der Waals surface area contributed by atoms with E-state index < -0.39 is 10.0 Å². The lowest BCUT2D eigenvalue weighted by molar-refractivity contribution is 0.607. The average molecular weight is 243 g/mol. The van der Waals surface area contributed by atoms with Crippen molar-refractivity contribution in [2.75, 3.05) is 16.7 Å². The maximum Gasteiger partial charge on any atom is 0.229 e. The van der Waals surface area contributed by atoms with Crippen LogP contribution in [-0.4, -0.2) is 20.4 Å². The van der Waals surface area contributed by atoms with Crippen LogP contribution >= 0.6 is 11.8 Å². The van der Waals surface area contributed by atoms with Crippen molar-refractivity contribution >= 4 is 27.5 Å². The number of fused-ring (bicyclic) bond motifs is 1. The van der Waals surface area contributed by atoms with E-state index in [1.165, 1.54) is 23.1 Å². The van der Waals surface area contributed by atoms with Crippen LogP contribution in [0.2, 0.25) is 0 Å². The molecule has 0 aromatic heterocycles. The maximum atomic E-state index is 11.1. The van der Waals surface area contributed by atoms with Gasteiger partial charge in [0.2, 0.25) is 10.0 Å². The minimum Gasteiger partial charge on any atom is -0.284 e. The van der Waals surface area contributed by atoms with E-state index in [1.807, 2.05) is 30.0 Å². The Morgan fingerprint density at radius 2 is 2.20 bits per heavy atom. The molecule has 2 rings (SSSR count). The zero-order valence-electron chi connectivity index (χ0n) is 8.49. The predicted octanol–water partition coefficient (Wildman–Crippen LogP) is 2.10. The van der Waals surface area contributed by atoms with E-state index in [2.05, 4.69) is 4.72 Å². The van der Waals surface area contributed by atoms with E-state index in [4.69, 9.17) is 0 Å². The minimum absolute atomic E-state index is 0.666. The largest absolute Gasteiger partial charge is 0.284 e. The summed E-state index contributed by atoms with van der Waals surface area (Å²) in [4.78, 5) is 1.28. The molecule has 0 bridgehead atoms. The van der Waals surface area contributed by atoms with Gasteiger partial charge in [0.25, 0.3) is 0 Å². The molecule has 0 fully saturated rings. The molecule has 1 heterocycles. The Balaban J connectivity index is 2.28. The van der Waals surface area contributed by atoms with Gasteiger partial charge < -0.3 is 0 Å². The van der Waals surface area contributed by atoms with Gasteiger partial charge in [-0.2, -0.15) is 0 Å². The van der Waals surface area contributed by atoms with Crippen molar-refractivity contribution in [3.05, 3.63) is 23.8 Å². The van der Waals surface area contributed by atoms with Crippen molar-refractivity contribution < 1.29 is 8.42 Å². The summed E-state index contributed by atoms with van der Waals surface area (Å²) in [6.07, 6.45) is 3.38. The van der Waals surface area contributed by atoms with Crippen molar-refractivity contribution in [1.82, 2.24) is 0 Å². The van der Waals surface area contributed by atoms with Crippen molar-refractivity contribution in [2.24, 2.45) is 0 Å². The van der Waals surface area contributed by atoms with Gasteiger partial charge in [0.15, 0.2) is 0 Å². The van der Waals surface area contributed by atoms with Gasteiger partial charge in [-0.15, -0.1) is 11.8 Å². The molecule has 0 amide bonds. The van der Waals surface area contributed by atoms with E-state index in [0.29, 0.717) is 5.69 Å². The lowest BCUT2D eigenvalue weighted by Gasteiger charge is -2.16. The molecular formula is C10H13NO2S2. The normalized spacial score (nSPS) is 15.8. The Hall–Kier alpha value is -0.680. The number of thioether (sulfide) groups is 1. The highest BCUT2D eigenvalue weighted by Crippen LogP contribution is 2.31. The van der Waals surface area contributed by atoms with Crippen LogP contribution in [0.5, 0.6) is 0 Å². The maximum absolute atomic E-state index is 11.1. The highest BCUT2D eigenvalue weighted by molar-refractivity contribution is 7.99. The summed E-state index contributed by atoms with van der Waals surface area (Å²) in [5.74, 6) is 1.16. The summed E-state index contributed by atoms with van der Waals surface area (Å²) >= 11 is 1.84. The van der Waals surface area contributed by atoms with E-state index in [-0.39, 0.29) is 0 Å². The van der Waals surface area contributed by atoms with Gasteiger partial charge in [-0.1, -0.05) is 0 Å². The van der Waals surface area contributed by atoms with Crippen molar-refractivity contribution in [2.45, 2.75) is 17.7 Å². The van der Waals surface area contributed by atoms with Gasteiger partial charge in [0.05, 0.1) is 6.26 Å². The van der Waals surface area contributed by atoms with Gasteiger partial charge in [0, 0.05) is 10.6 Å². The molecule has 82 valence electrons. The molecule has 1 N–H and O–H groups in total. The van der Waals surface area contributed by atoms with Crippen LogP contribution in [0.1, 0.15) is 12.0 Å². The molecule has 1 aliphatic rings. The molecule has 0 spiro atoms. The van der Waals surface area contributed by atoms with Gasteiger partial charge in [-0.3, -0.25) is 4.72 Å². The van der Waals surface area contributed by atoms with Crippen molar-refractivity contribution in [1.29, 1.82) is 0 Å². The molecule has 3 nitrogen and oxygen atoms in total. The molecule has 0 saturated heterocycles. The van der Waals surface area contributed by atoms with E-state index >= 15 is 0 Å². The Morgan fingerprint density at radius 3 is 2.93 bits per heavy atom. The molecule has 5 heteroatoms. The number of benzene rings is 1. The van der Waals surface area contributed by atoms with Crippen molar-refractivity contribution in [3.8, 4) is 0 Å². The highest BCUT2D eigenvalue weighted by atomic mass is 32.2. The highest BCUT2D eigenvalue weighted by Gasteiger charge is 2.11. The monoisotopic (exact) mass is 243 g/mol. The molecule has 0 radical (unpaired) electrons. The zero-order valence-corrected chi connectivity index (χ0v) is 10.1. The lowest BCUT2D eigenvalue weighted by Crippen LogP contribution is -2.10. The lowest BCUT2D eigenvalue weighted by atomic mass is 10.1. The molecule has 0 saturated carbocycles. The summed E-state index contributed by atoms with van der Waals surface area (Å²) in [5, 5.41) is 0. The summed E-state index contributed by atoms with van der Waals surface area (Å²) in [5.41, 5.74) is 1.92. The molecule has 15 heavy (non-hydrogen) atoms. The Kier molecular flexibility index (Phi) is 2.93. The topological polar surface area (TPSA) is 46.2 Å². The molecule has 0 unspecified atom stereocenters. The third-order valence-electron chi connectivity index (χ3n) is 2.21. The molecule has 1 aromatic rings. The Bertz CT molecular complexity index is 468. The van der Waals surface area contributed by atoms with Crippen molar-refractivity contribution in [3.63, 3.8) is 0 Å². The summed E-state index contributed by atoms with van der Waals surface area (Å²) in [6, 6.07) is 5.74. The first-order chi connectivity index (χ1) is 7.04. The Labute approximate surface area is 94.3 Å². The SMILES string of the molecule is CS(=O)(=O)Nc1ccc2c(c1)CCCS2. The number of aryl methyl sites for hydroxylation is 1. The number of sulfonamides is 1. The summed E-state index contributed by atoms with van der Waals surface area (Å²) in [7, 11) is -3.16. The standard InChI is InChI=1S/C10H13NO2S2/c1-15(12,13)11-9-4-5-10-8(7-9)3-2-6-14-10/h4-5,7,11H,2-3,6H2,1H3. The first-order valence-electron chi connectivity index (χ1n) is 4.78. The third-order valence-corrected chi connectivity index (χ3v) is 4.02. The van der Waals surface area contributed by atoms with Gasteiger partial charge in [0.1, 0.15) is 0 Å². The first kappa shape index (κ1) is 10.8. The number of anilines is 1. The van der Waals surface area contributed by atoms with Crippen LogP contribution in [0.4, 0.5) is 5.69 Å². The first-order valence-corrected chi connectivity index (χ1v) is 7.66. The number of hydrogen-bond acceptors (Lipinski definition) is 3. The number of nitrogens with one attached hydrogen (secondary N) is 1. The fraction of sp³-hybridized carbons (Fsp3) is 0.400. The second-order valence-electron chi connectivity index (χ2n) is 3.65. The van der Waals surface area contributed by atoms with Crippen LogP contribution in [0.25, 0.3) is 0 Å². The van der Waals surface area contributed by atoms with E-state index in [9.17, 15) is 8.42 Å². The van der Waals surface area contributed by atoms with Crippen LogP contribution in [0.3, 0.4) is 0 Å². The molecular weight excluding hydrogens is 230 g/mol. The molecule has 0 aliphatic carbocycles. The molecule has 1 aromatic carbocycles. The second-order valence-corrected chi connectivity index (χ2v) is 6.53. The summed E-state index contributed by atoms with van der Waals surface area (Å²) < 4.78 is 24.6. The summed E-state index contributed by atoms with van der Waals surface area (Å²) in [6.45, 7) is 0.